The van der Waals surface area contributed by atoms with Gasteiger partial charge in [-0.2, -0.15) is 5.10 Å². The zero-order chi connectivity index (χ0) is 14.4. The number of carboxylic acid groups (broad SMARTS) is 1. The van der Waals surface area contributed by atoms with Gasteiger partial charge < -0.3 is 15.7 Å². The minimum Gasteiger partial charge on any atom is -0.481 e. The summed E-state index contributed by atoms with van der Waals surface area (Å²) >= 11 is 0. The molecule has 0 fully saturated rings. The van der Waals surface area contributed by atoms with Crippen LogP contribution in [0.1, 0.15) is 24.2 Å². The van der Waals surface area contributed by atoms with Crippen molar-refractivity contribution >= 4 is 17.6 Å². The van der Waals surface area contributed by atoms with E-state index in [2.05, 4.69) is 15.7 Å². The summed E-state index contributed by atoms with van der Waals surface area (Å²) in [5, 5.41) is 18.4. The van der Waals surface area contributed by atoms with E-state index >= 15 is 0 Å². The molecule has 19 heavy (non-hydrogen) atoms. The van der Waals surface area contributed by atoms with Gasteiger partial charge in [-0.05, 0) is 26.8 Å². The maximum Gasteiger partial charge on any atom is 0.303 e. The minimum atomic E-state index is -0.826. The lowest BCUT2D eigenvalue weighted by Gasteiger charge is -2.06. The quantitative estimate of drug-likeness (QED) is 0.623. The number of aliphatic carboxylic acids is 1. The normalized spacial score (nSPS) is 10.5. The Balaban J connectivity index is 2.33. The van der Waals surface area contributed by atoms with Crippen LogP contribution in [-0.2, 0) is 16.6 Å². The summed E-state index contributed by atoms with van der Waals surface area (Å²) in [6.45, 7) is 4.39. The molecule has 0 spiro atoms. The molecule has 7 heteroatoms. The molecule has 1 amide bonds. The first kappa shape index (κ1) is 15.2. The number of nitrogens with one attached hydrogen (secondary N) is 2. The molecule has 0 aliphatic carbocycles. The molecule has 3 N–H and O–H groups in total. The number of amides is 1. The Morgan fingerprint density at radius 2 is 2.05 bits per heavy atom. The maximum atomic E-state index is 11.7. The molecular formula is C12H20N4O3. The van der Waals surface area contributed by atoms with Crippen molar-refractivity contribution in [3.63, 3.8) is 0 Å². The smallest absolute Gasteiger partial charge is 0.303 e. The largest absolute Gasteiger partial charge is 0.481 e. The van der Waals surface area contributed by atoms with Gasteiger partial charge in [-0.3, -0.25) is 14.3 Å². The molecule has 0 saturated carbocycles. The summed E-state index contributed by atoms with van der Waals surface area (Å²) in [6.07, 6.45) is 0.614. The fourth-order valence-electron chi connectivity index (χ4n) is 1.70. The number of rotatable bonds is 7. The van der Waals surface area contributed by atoms with Gasteiger partial charge in [0.2, 0.25) is 5.91 Å². The number of carbonyl (C=O) groups excluding carboxylic acids is 1. The van der Waals surface area contributed by atoms with E-state index in [0.29, 0.717) is 13.0 Å². The first-order valence-electron chi connectivity index (χ1n) is 6.14. The Labute approximate surface area is 112 Å². The minimum absolute atomic E-state index is 0.107. The molecule has 1 aromatic rings. The maximum absolute atomic E-state index is 11.7. The van der Waals surface area contributed by atoms with E-state index < -0.39 is 5.97 Å². The van der Waals surface area contributed by atoms with Crippen molar-refractivity contribution in [2.75, 3.05) is 18.4 Å². The Morgan fingerprint density at radius 1 is 1.37 bits per heavy atom. The summed E-state index contributed by atoms with van der Waals surface area (Å²) in [7, 11) is 1.82. The number of nitrogens with zero attached hydrogens (tertiary/aromatic N) is 2. The first-order chi connectivity index (χ1) is 8.91. The molecular weight excluding hydrogens is 248 g/mol. The molecule has 0 aromatic carbocycles. The lowest BCUT2D eigenvalue weighted by Crippen LogP contribution is -2.29. The second-order valence-electron chi connectivity index (χ2n) is 4.39. The van der Waals surface area contributed by atoms with Crippen LogP contribution in [0.15, 0.2) is 0 Å². The Kier molecular flexibility index (Phi) is 5.50. The zero-order valence-corrected chi connectivity index (χ0v) is 11.5. The highest BCUT2D eigenvalue weighted by molar-refractivity contribution is 5.93. The number of anilines is 1. The zero-order valence-electron chi connectivity index (χ0n) is 11.5. The lowest BCUT2D eigenvalue weighted by molar-refractivity contribution is -0.137. The highest BCUT2D eigenvalue weighted by atomic mass is 16.4. The van der Waals surface area contributed by atoms with Gasteiger partial charge in [0.05, 0.1) is 23.6 Å². The fourth-order valence-corrected chi connectivity index (χ4v) is 1.70. The van der Waals surface area contributed by atoms with Crippen molar-refractivity contribution in [2.24, 2.45) is 7.05 Å². The molecule has 0 aliphatic rings. The third-order valence-electron chi connectivity index (χ3n) is 2.80. The Morgan fingerprint density at radius 3 is 2.58 bits per heavy atom. The predicted molar refractivity (Wildman–Crippen MR) is 71.1 cm³/mol. The van der Waals surface area contributed by atoms with E-state index in [9.17, 15) is 9.59 Å². The molecule has 0 saturated heterocycles. The van der Waals surface area contributed by atoms with Crippen molar-refractivity contribution in [1.82, 2.24) is 15.1 Å². The summed E-state index contributed by atoms with van der Waals surface area (Å²) in [5.74, 6) is -0.984. The number of aryl methyl sites for hydroxylation is 2. The van der Waals surface area contributed by atoms with Gasteiger partial charge in [0.25, 0.3) is 0 Å². The summed E-state index contributed by atoms with van der Waals surface area (Å²) in [5.41, 5.74) is 2.41. The molecule has 1 heterocycles. The Bertz CT molecular complexity index is 468. The number of hydrogen-bond donors (Lipinski definition) is 3. The highest BCUT2D eigenvalue weighted by Crippen LogP contribution is 2.17. The van der Waals surface area contributed by atoms with E-state index in [1.165, 1.54) is 0 Å². The predicted octanol–water partition coefficient (Wildman–Crippen LogP) is 0.430. The van der Waals surface area contributed by atoms with Crippen molar-refractivity contribution in [3.8, 4) is 0 Å². The number of carbonyl (C=O) groups is 2. The summed E-state index contributed by atoms with van der Waals surface area (Å²) in [6, 6.07) is 0. The molecule has 0 bridgehead atoms. The summed E-state index contributed by atoms with van der Waals surface area (Å²) in [4.78, 5) is 22.0. The van der Waals surface area contributed by atoms with Crippen LogP contribution in [0.3, 0.4) is 0 Å². The van der Waals surface area contributed by atoms with Crippen molar-refractivity contribution < 1.29 is 14.7 Å². The monoisotopic (exact) mass is 268 g/mol. The molecule has 0 atom stereocenters. The fraction of sp³-hybridized carbons (Fsp3) is 0.583. The van der Waals surface area contributed by atoms with Crippen LogP contribution in [0.2, 0.25) is 0 Å². The molecule has 1 rings (SSSR count). The molecule has 0 aliphatic heterocycles. The third-order valence-corrected chi connectivity index (χ3v) is 2.80. The van der Waals surface area contributed by atoms with Gasteiger partial charge in [-0.25, -0.2) is 0 Å². The van der Waals surface area contributed by atoms with Crippen molar-refractivity contribution in [2.45, 2.75) is 26.7 Å². The second kappa shape index (κ2) is 6.89. The van der Waals surface area contributed by atoms with Crippen LogP contribution in [0.25, 0.3) is 0 Å². The number of hydrogen-bond acceptors (Lipinski definition) is 4. The third kappa shape index (κ3) is 4.70. The van der Waals surface area contributed by atoms with Crippen molar-refractivity contribution in [3.05, 3.63) is 11.4 Å². The van der Waals surface area contributed by atoms with E-state index in [-0.39, 0.29) is 18.9 Å². The van der Waals surface area contributed by atoms with Crippen LogP contribution >= 0.6 is 0 Å². The highest BCUT2D eigenvalue weighted by Gasteiger charge is 2.11. The van der Waals surface area contributed by atoms with Gasteiger partial charge in [0.1, 0.15) is 0 Å². The SMILES string of the molecule is Cc1nn(C)c(C)c1NC(=O)CNCCCC(=O)O. The molecule has 1 aromatic heterocycles. The van der Waals surface area contributed by atoms with Crippen molar-refractivity contribution in [1.29, 1.82) is 0 Å². The average Bonchev–Trinajstić information content (AvgIpc) is 2.55. The topological polar surface area (TPSA) is 96.3 Å². The first-order valence-corrected chi connectivity index (χ1v) is 6.14. The lowest BCUT2D eigenvalue weighted by atomic mass is 10.3. The second-order valence-corrected chi connectivity index (χ2v) is 4.39. The molecule has 106 valence electrons. The van der Waals surface area contributed by atoms with Gasteiger partial charge in [0, 0.05) is 13.5 Å². The number of carboxylic acids is 1. The standard InChI is InChI=1S/C12H20N4O3/c1-8-12(9(2)16(3)15-8)14-10(17)7-13-6-4-5-11(18)19/h13H,4-7H2,1-3H3,(H,14,17)(H,18,19). The van der Waals surface area contributed by atoms with E-state index in [1.54, 1.807) is 4.68 Å². The van der Waals surface area contributed by atoms with Crippen LogP contribution in [-0.4, -0.2) is 39.9 Å². The molecule has 7 nitrogen and oxygen atoms in total. The van der Waals surface area contributed by atoms with E-state index in [1.807, 2.05) is 20.9 Å². The van der Waals surface area contributed by atoms with Gasteiger partial charge in [0.15, 0.2) is 0 Å². The average molecular weight is 268 g/mol. The summed E-state index contributed by atoms with van der Waals surface area (Å²) < 4.78 is 1.71. The molecule has 0 radical (unpaired) electrons. The van der Waals surface area contributed by atoms with E-state index in [4.69, 9.17) is 5.11 Å². The van der Waals surface area contributed by atoms with Crippen LogP contribution < -0.4 is 10.6 Å². The van der Waals surface area contributed by atoms with Gasteiger partial charge in [-0.15, -0.1) is 0 Å². The van der Waals surface area contributed by atoms with Crippen LogP contribution in [0.4, 0.5) is 5.69 Å². The van der Waals surface area contributed by atoms with Crippen LogP contribution in [0, 0.1) is 13.8 Å². The van der Waals surface area contributed by atoms with Gasteiger partial charge in [-0.1, -0.05) is 0 Å². The van der Waals surface area contributed by atoms with Gasteiger partial charge >= 0.3 is 5.97 Å². The van der Waals surface area contributed by atoms with E-state index in [0.717, 1.165) is 17.1 Å². The molecule has 0 unspecified atom stereocenters. The van der Waals surface area contributed by atoms with Crippen LogP contribution in [0.5, 0.6) is 0 Å². The Hall–Kier alpha value is -1.89. The number of aromatic nitrogens is 2.